The number of nitrogens with zero attached hydrogens (tertiary/aromatic N) is 4. The fraction of sp³-hybridized carbons (Fsp3) is 0.0909. The number of aromatic nitrogens is 1. The highest BCUT2D eigenvalue weighted by atomic mass is 35.5. The zero-order valence-corrected chi connectivity index (χ0v) is 12.0. The van der Waals surface area contributed by atoms with Crippen molar-refractivity contribution in [2.75, 3.05) is 7.05 Å². The van der Waals surface area contributed by atoms with E-state index in [1.807, 2.05) is 0 Å². The molecule has 0 bridgehead atoms. The fourth-order valence-corrected chi connectivity index (χ4v) is 2.68. The first-order valence-electron chi connectivity index (χ1n) is 5.07. The molecule has 0 aliphatic heterocycles. The summed E-state index contributed by atoms with van der Waals surface area (Å²) in [5.74, 6) is -0.529. The van der Waals surface area contributed by atoms with Crippen LogP contribution in [0.15, 0.2) is 33.9 Å². The van der Waals surface area contributed by atoms with Crippen LogP contribution in [0.5, 0.6) is 0 Å². The molecule has 5 nitrogen and oxygen atoms in total. The fourth-order valence-electron chi connectivity index (χ4n) is 1.43. The van der Waals surface area contributed by atoms with E-state index in [1.54, 1.807) is 18.2 Å². The largest absolute Gasteiger partial charge is 0.372 e. The van der Waals surface area contributed by atoms with E-state index in [4.69, 9.17) is 23.2 Å². The molecular weight excluding hydrogens is 307 g/mol. The van der Waals surface area contributed by atoms with Gasteiger partial charge in [0.05, 0.1) is 21.2 Å². The predicted molar refractivity (Wildman–Crippen MR) is 74.8 cm³/mol. The molecule has 0 N–H and O–H groups in total. The molecule has 0 atom stereocenters. The molecule has 1 amide bonds. The Kier molecular flexibility index (Phi) is 4.39. The van der Waals surface area contributed by atoms with Crippen LogP contribution >= 0.6 is 34.5 Å². The predicted octanol–water partition coefficient (Wildman–Crippen LogP) is 3.86. The highest BCUT2D eigenvalue weighted by Crippen LogP contribution is 2.36. The zero-order valence-electron chi connectivity index (χ0n) is 9.67. The first-order chi connectivity index (χ1) is 9.15. The normalized spacial score (nSPS) is 9.84. The molecule has 2 aromatic rings. The molecule has 0 unspecified atom stereocenters. The quantitative estimate of drug-likeness (QED) is 0.624. The van der Waals surface area contributed by atoms with Gasteiger partial charge in [0.15, 0.2) is 0 Å². The Balaban J connectivity index is 2.57. The van der Waals surface area contributed by atoms with Crippen LogP contribution in [0.25, 0.3) is 11.3 Å². The second-order valence-corrected chi connectivity index (χ2v) is 4.99. The number of benzene rings is 1. The molecule has 2 rings (SSSR count). The van der Waals surface area contributed by atoms with Gasteiger partial charge in [0.1, 0.15) is 17.0 Å². The standard InChI is InChI=1S/C11H7Cl2N4OS/c1-14-17-16-11(18)10-9(15-5-19-10)8-6(12)3-2-4-7(8)13/h2-5H,1H3/q+1. The van der Waals surface area contributed by atoms with Crippen molar-refractivity contribution >= 4 is 40.4 Å². The van der Waals surface area contributed by atoms with Crippen molar-refractivity contribution in [2.24, 2.45) is 10.2 Å². The first-order valence-corrected chi connectivity index (χ1v) is 6.70. The molecule has 0 spiro atoms. The number of carbonyl (C=O) groups excluding carboxylic acids is 1. The van der Waals surface area contributed by atoms with Gasteiger partial charge in [-0.2, -0.15) is 0 Å². The average molecular weight is 314 g/mol. The summed E-state index contributed by atoms with van der Waals surface area (Å²) in [6, 6.07) is 5.08. The van der Waals surface area contributed by atoms with Crippen molar-refractivity contribution in [3.63, 3.8) is 0 Å². The van der Waals surface area contributed by atoms with E-state index in [1.165, 1.54) is 12.6 Å². The summed E-state index contributed by atoms with van der Waals surface area (Å²) < 4.78 is 0. The molecule has 0 fully saturated rings. The van der Waals surface area contributed by atoms with Gasteiger partial charge >= 0.3 is 5.91 Å². The number of thiazole rings is 1. The summed E-state index contributed by atoms with van der Waals surface area (Å²) in [5.41, 5.74) is 2.45. The van der Waals surface area contributed by atoms with E-state index in [9.17, 15) is 4.79 Å². The number of carbonyl (C=O) groups is 1. The topological polar surface area (TPSA) is 68.8 Å². The smallest absolute Gasteiger partial charge is 0.258 e. The van der Waals surface area contributed by atoms with E-state index >= 15 is 0 Å². The highest BCUT2D eigenvalue weighted by molar-refractivity contribution is 7.12. The van der Waals surface area contributed by atoms with Gasteiger partial charge in [-0.15, -0.1) is 11.3 Å². The molecule has 0 aliphatic carbocycles. The van der Waals surface area contributed by atoms with Crippen molar-refractivity contribution < 1.29 is 4.79 Å². The number of halogens is 2. The van der Waals surface area contributed by atoms with Crippen molar-refractivity contribution in [1.29, 1.82) is 0 Å². The summed E-state index contributed by atoms with van der Waals surface area (Å²) in [4.78, 5) is 19.6. The Hall–Kier alpha value is -1.59. The average Bonchev–Trinajstić information content (AvgIpc) is 2.85. The van der Waals surface area contributed by atoms with Crippen LogP contribution in [0.3, 0.4) is 0 Å². The molecule has 0 saturated carbocycles. The first kappa shape index (κ1) is 13.8. The number of hydrogen-bond donors (Lipinski definition) is 0. The summed E-state index contributed by atoms with van der Waals surface area (Å²) in [6.07, 6.45) is 0. The lowest BCUT2D eigenvalue weighted by molar-refractivity contribution is 0.0997. The lowest BCUT2D eigenvalue weighted by atomic mass is 10.1. The van der Waals surface area contributed by atoms with Crippen LogP contribution in [-0.4, -0.2) is 17.9 Å². The number of rotatable bonds is 2. The minimum absolute atomic E-state index is 0.322. The second kappa shape index (κ2) is 6.04. The third-order valence-electron chi connectivity index (χ3n) is 2.19. The Labute approximate surface area is 122 Å². The Bertz CT molecular complexity index is 672. The van der Waals surface area contributed by atoms with Gasteiger partial charge in [-0.05, 0) is 12.1 Å². The monoisotopic (exact) mass is 313 g/mol. The Morgan fingerprint density at radius 3 is 2.68 bits per heavy atom. The summed E-state index contributed by atoms with van der Waals surface area (Å²) in [6.45, 7) is 0. The Morgan fingerprint density at radius 1 is 1.37 bits per heavy atom. The summed E-state index contributed by atoms with van der Waals surface area (Å²) >= 11 is 13.3. The SMILES string of the molecule is CN=[N+]=NC(=O)c1scnc1-c1c(Cl)cccc1Cl. The molecule has 0 radical (unpaired) electrons. The molecule has 1 aromatic carbocycles. The van der Waals surface area contributed by atoms with Crippen LogP contribution in [-0.2, 0) is 0 Å². The molecule has 0 saturated heterocycles. The molecule has 0 aliphatic rings. The van der Waals surface area contributed by atoms with E-state index in [0.29, 0.717) is 26.2 Å². The molecule has 96 valence electrons. The summed E-state index contributed by atoms with van der Waals surface area (Å²) in [5, 5.41) is 7.67. The van der Waals surface area contributed by atoms with Gasteiger partial charge in [0, 0.05) is 5.56 Å². The molecule has 1 aromatic heterocycles. The Morgan fingerprint density at radius 2 is 2.05 bits per heavy atom. The van der Waals surface area contributed by atoms with Crippen LogP contribution in [0.1, 0.15) is 9.67 Å². The minimum Gasteiger partial charge on any atom is -0.258 e. The third-order valence-corrected chi connectivity index (χ3v) is 3.63. The van der Waals surface area contributed by atoms with Gasteiger partial charge in [-0.25, -0.2) is 4.98 Å². The maximum atomic E-state index is 11.8. The number of hydrogen-bond acceptors (Lipinski definition) is 4. The molecular formula is C11H7Cl2N4OS+. The van der Waals surface area contributed by atoms with E-state index < -0.39 is 5.91 Å². The number of amides is 1. The second-order valence-electron chi connectivity index (χ2n) is 3.32. The van der Waals surface area contributed by atoms with Crippen molar-refractivity contribution in [2.45, 2.75) is 0 Å². The maximum absolute atomic E-state index is 11.8. The van der Waals surface area contributed by atoms with Crippen molar-refractivity contribution in [3.05, 3.63) is 38.6 Å². The van der Waals surface area contributed by atoms with E-state index in [2.05, 4.69) is 20.1 Å². The molecule has 1 heterocycles. The lowest BCUT2D eigenvalue weighted by Crippen LogP contribution is -1.95. The van der Waals surface area contributed by atoms with Gasteiger partial charge < -0.3 is 0 Å². The zero-order chi connectivity index (χ0) is 13.8. The summed E-state index contributed by atoms with van der Waals surface area (Å²) in [7, 11) is 1.43. The van der Waals surface area contributed by atoms with Crippen LogP contribution < -0.4 is 4.91 Å². The van der Waals surface area contributed by atoms with E-state index in [0.717, 1.165) is 11.3 Å². The van der Waals surface area contributed by atoms with Crippen LogP contribution in [0, 0.1) is 0 Å². The van der Waals surface area contributed by atoms with E-state index in [-0.39, 0.29) is 0 Å². The van der Waals surface area contributed by atoms with Gasteiger partial charge in [-0.3, -0.25) is 4.79 Å². The van der Waals surface area contributed by atoms with Crippen molar-refractivity contribution in [1.82, 2.24) is 9.90 Å². The highest BCUT2D eigenvalue weighted by Gasteiger charge is 2.22. The molecule has 8 heteroatoms. The van der Waals surface area contributed by atoms with Crippen LogP contribution in [0.2, 0.25) is 10.0 Å². The maximum Gasteiger partial charge on any atom is 0.372 e. The lowest BCUT2D eigenvalue weighted by Gasteiger charge is -2.04. The minimum atomic E-state index is -0.529. The van der Waals surface area contributed by atoms with Crippen LogP contribution in [0.4, 0.5) is 0 Å². The third kappa shape index (κ3) is 2.88. The van der Waals surface area contributed by atoms with Gasteiger partial charge in [0.2, 0.25) is 10.0 Å². The van der Waals surface area contributed by atoms with Gasteiger partial charge in [-0.1, -0.05) is 29.3 Å². The van der Waals surface area contributed by atoms with Gasteiger partial charge in [0.25, 0.3) is 0 Å². The van der Waals surface area contributed by atoms with Crippen molar-refractivity contribution in [3.8, 4) is 11.3 Å². The molecule has 19 heavy (non-hydrogen) atoms.